The molecule has 17 nitrogen and oxygen atoms in total. The van der Waals surface area contributed by atoms with Gasteiger partial charge < -0.3 is 33.8 Å². The first kappa shape index (κ1) is 104. The standard InChI is InChI=1S/C91H150O17P2/c1-5-9-13-17-21-25-29-33-37-40-42-45-48-51-55-59-63-67-71-75-88(93)101-81-86(107-90(95)77-73-69-65-61-57-53-47-36-32-28-24-20-16-12-8-4)83-105-109(97,98)103-79-85(92)80-104-110(99,100)106-84-87(108-91(96)78-74-70-66-62-58-54-50-44-39-35-31-27-23-19-15-11-7-3)82-102-89(94)76-72-68-64-60-56-52-49-46-43-41-38-34-30-26-22-18-14-10-6-2/h10-12,14-16,21-28,33-39,42-43,45-47,52,56,85-87,92H,5-9,13,17-20,29-32,40-41,44,48-51,53-55,57-84H2,1-4H3,(H,97,98)(H,99,100)/b14-10-,15-11-,16-12-,25-21-,26-22-,27-23-,28-24-,37-33-,38-34-,39-35-,45-42-,46-43-,47-36-,56-52-. The number of allylic oxidation sites excluding steroid dienone is 28. The van der Waals surface area contributed by atoms with Crippen LogP contribution in [0.15, 0.2) is 170 Å². The van der Waals surface area contributed by atoms with Crippen LogP contribution in [0, 0.1) is 0 Å². The molecule has 0 saturated heterocycles. The molecular weight excluding hydrogens is 1430 g/mol. The third-order valence-corrected chi connectivity index (χ3v) is 19.1. The molecule has 0 aliphatic heterocycles. The summed E-state index contributed by atoms with van der Waals surface area (Å²) in [7, 11) is -10.0. The molecule has 5 atom stereocenters. The van der Waals surface area contributed by atoms with Crippen LogP contribution in [0.3, 0.4) is 0 Å². The molecule has 0 aromatic rings. The van der Waals surface area contributed by atoms with Crippen LogP contribution < -0.4 is 0 Å². The van der Waals surface area contributed by atoms with Gasteiger partial charge in [0.2, 0.25) is 0 Å². The van der Waals surface area contributed by atoms with E-state index >= 15 is 0 Å². The Bertz CT molecular complexity index is 2750. The molecule has 3 N–H and O–H groups in total. The highest BCUT2D eigenvalue weighted by atomic mass is 31.2. The number of unbranched alkanes of at least 4 members (excludes halogenated alkanes) is 24. The molecule has 0 amide bonds. The minimum Gasteiger partial charge on any atom is -0.462 e. The molecule has 0 aromatic carbocycles. The SMILES string of the molecule is CC/C=C\C/C=C\C/C=C\C/C=C\C/C=C\CCCCCC(=O)OCC(COP(=O)(O)OCC(O)COP(=O)(O)OCC(COC(=O)CCCCCCCC/C=C\C/C=C\C/C=C\CCCCC)OC(=O)CCCCCCC/C=C\C/C=C\C/C=C\CC)OC(=O)CCCCCCCCC/C=C\C/C=C\C/C=C\CC. The number of rotatable bonds is 78. The van der Waals surface area contributed by atoms with Gasteiger partial charge in [0.25, 0.3) is 0 Å². The van der Waals surface area contributed by atoms with Gasteiger partial charge in [-0.1, -0.05) is 294 Å². The second-order valence-electron chi connectivity index (χ2n) is 27.6. The first-order valence-corrected chi connectivity index (χ1v) is 45.4. The van der Waals surface area contributed by atoms with Crippen LogP contribution >= 0.6 is 15.6 Å². The molecule has 0 radical (unpaired) electrons. The molecule has 0 spiro atoms. The van der Waals surface area contributed by atoms with Crippen LogP contribution in [0.5, 0.6) is 0 Å². The summed E-state index contributed by atoms with van der Waals surface area (Å²) in [6, 6.07) is 0. The van der Waals surface area contributed by atoms with E-state index in [2.05, 4.69) is 198 Å². The van der Waals surface area contributed by atoms with Crippen molar-refractivity contribution in [3.63, 3.8) is 0 Å². The van der Waals surface area contributed by atoms with E-state index in [0.29, 0.717) is 25.7 Å². The molecule has 0 bridgehead atoms. The number of ether oxygens (including phenoxy) is 4. The van der Waals surface area contributed by atoms with Crippen LogP contribution in [-0.2, 0) is 65.4 Å². The highest BCUT2D eigenvalue weighted by molar-refractivity contribution is 7.47. The summed E-state index contributed by atoms with van der Waals surface area (Å²) in [5.41, 5.74) is 0. The lowest BCUT2D eigenvalue weighted by Gasteiger charge is -2.21. The second-order valence-corrected chi connectivity index (χ2v) is 30.5. The van der Waals surface area contributed by atoms with Crippen molar-refractivity contribution < 1.29 is 80.2 Å². The van der Waals surface area contributed by atoms with Gasteiger partial charge in [0.15, 0.2) is 12.2 Å². The average Bonchev–Trinajstić information content (AvgIpc) is 0.906. The fourth-order valence-corrected chi connectivity index (χ4v) is 12.4. The van der Waals surface area contributed by atoms with Gasteiger partial charge >= 0.3 is 39.5 Å². The number of carbonyl (C=O) groups is 4. The lowest BCUT2D eigenvalue weighted by molar-refractivity contribution is -0.161. The maximum absolute atomic E-state index is 13.1. The Morgan fingerprint density at radius 2 is 0.473 bits per heavy atom. The van der Waals surface area contributed by atoms with Crippen molar-refractivity contribution in [2.45, 2.75) is 341 Å². The molecular formula is C91H150O17P2. The Morgan fingerprint density at radius 3 is 0.736 bits per heavy atom. The predicted octanol–water partition coefficient (Wildman–Crippen LogP) is 25.3. The predicted molar refractivity (Wildman–Crippen MR) is 454 cm³/mol. The monoisotopic (exact) mass is 1580 g/mol. The van der Waals surface area contributed by atoms with Gasteiger partial charge in [-0.3, -0.25) is 37.3 Å². The zero-order valence-electron chi connectivity index (χ0n) is 68.6. The molecule has 0 heterocycles. The zero-order valence-corrected chi connectivity index (χ0v) is 70.4. The van der Waals surface area contributed by atoms with Crippen LogP contribution in [0.25, 0.3) is 0 Å². The molecule has 626 valence electrons. The van der Waals surface area contributed by atoms with Crippen molar-refractivity contribution >= 4 is 39.5 Å². The summed E-state index contributed by atoms with van der Waals surface area (Å²) in [6.45, 7) is 4.44. The minimum absolute atomic E-state index is 0.0666. The van der Waals surface area contributed by atoms with Crippen molar-refractivity contribution in [3.8, 4) is 0 Å². The van der Waals surface area contributed by atoms with Crippen LogP contribution in [0.1, 0.15) is 323 Å². The van der Waals surface area contributed by atoms with E-state index in [4.69, 9.17) is 37.0 Å². The largest absolute Gasteiger partial charge is 0.472 e. The van der Waals surface area contributed by atoms with Crippen molar-refractivity contribution in [1.29, 1.82) is 0 Å². The summed E-state index contributed by atoms with van der Waals surface area (Å²) < 4.78 is 68.8. The second kappa shape index (κ2) is 81.4. The van der Waals surface area contributed by atoms with E-state index in [-0.39, 0.29) is 25.7 Å². The molecule has 0 aliphatic rings. The Hall–Kier alpha value is -5.58. The summed E-state index contributed by atoms with van der Waals surface area (Å²) in [6.07, 6.45) is 97.4. The number of hydrogen-bond donors (Lipinski definition) is 3. The van der Waals surface area contributed by atoms with E-state index in [1.165, 1.54) is 19.3 Å². The minimum atomic E-state index is -5.00. The van der Waals surface area contributed by atoms with Crippen LogP contribution in [0.2, 0.25) is 0 Å². The van der Waals surface area contributed by atoms with Gasteiger partial charge in [-0.05, 0) is 173 Å². The van der Waals surface area contributed by atoms with Crippen LogP contribution in [-0.4, -0.2) is 96.7 Å². The molecule has 0 aliphatic carbocycles. The highest BCUT2D eigenvalue weighted by Crippen LogP contribution is 2.45. The first-order valence-electron chi connectivity index (χ1n) is 42.4. The quantitative estimate of drug-likeness (QED) is 0.0169. The molecule has 0 aromatic heterocycles. The smallest absolute Gasteiger partial charge is 0.462 e. The maximum atomic E-state index is 13.1. The normalized spacial score (nSPS) is 14.6. The average molecular weight is 1580 g/mol. The van der Waals surface area contributed by atoms with E-state index in [9.17, 15) is 43.2 Å². The van der Waals surface area contributed by atoms with Crippen molar-refractivity contribution in [3.05, 3.63) is 170 Å². The lowest BCUT2D eigenvalue weighted by atomic mass is 10.1. The van der Waals surface area contributed by atoms with Crippen molar-refractivity contribution in [2.75, 3.05) is 39.6 Å². The zero-order chi connectivity index (χ0) is 80.3. The van der Waals surface area contributed by atoms with Crippen LogP contribution in [0.4, 0.5) is 0 Å². The first-order chi connectivity index (χ1) is 53.7. The number of aliphatic hydroxyl groups excluding tert-OH is 1. The van der Waals surface area contributed by atoms with Gasteiger partial charge in [0.05, 0.1) is 26.4 Å². The number of phosphoric ester groups is 2. The van der Waals surface area contributed by atoms with E-state index in [1.807, 2.05) is 0 Å². The number of esters is 4. The topological polar surface area (TPSA) is 237 Å². The number of aliphatic hydroxyl groups is 1. The van der Waals surface area contributed by atoms with Gasteiger partial charge in [-0.25, -0.2) is 9.13 Å². The summed E-state index contributed by atoms with van der Waals surface area (Å²) in [5.74, 6) is -2.26. The van der Waals surface area contributed by atoms with Gasteiger partial charge in [-0.2, -0.15) is 0 Å². The molecule has 0 rings (SSSR count). The highest BCUT2D eigenvalue weighted by Gasteiger charge is 2.30. The molecule has 0 fully saturated rings. The van der Waals surface area contributed by atoms with E-state index in [1.54, 1.807) is 0 Å². The number of carbonyl (C=O) groups excluding carboxylic acids is 4. The fourth-order valence-electron chi connectivity index (χ4n) is 10.8. The van der Waals surface area contributed by atoms with Gasteiger partial charge in [0, 0.05) is 25.7 Å². The Labute approximate surface area is 667 Å². The number of hydrogen-bond acceptors (Lipinski definition) is 15. The van der Waals surface area contributed by atoms with Crippen molar-refractivity contribution in [1.82, 2.24) is 0 Å². The van der Waals surface area contributed by atoms with Crippen molar-refractivity contribution in [2.24, 2.45) is 0 Å². The fraction of sp³-hybridized carbons (Fsp3) is 0.648. The third kappa shape index (κ3) is 80.5. The van der Waals surface area contributed by atoms with Gasteiger partial charge in [-0.15, -0.1) is 0 Å². The Kier molecular flexibility index (Phi) is 77.3. The summed E-state index contributed by atoms with van der Waals surface area (Å²) >= 11 is 0. The Balaban J connectivity index is 5.45. The molecule has 5 unspecified atom stereocenters. The van der Waals surface area contributed by atoms with Gasteiger partial charge in [0.1, 0.15) is 19.3 Å². The molecule has 19 heteroatoms. The third-order valence-electron chi connectivity index (χ3n) is 17.2. The van der Waals surface area contributed by atoms with E-state index < -0.39 is 97.5 Å². The molecule has 0 saturated carbocycles. The summed E-state index contributed by atoms with van der Waals surface area (Å²) in [5, 5.41) is 10.7. The maximum Gasteiger partial charge on any atom is 0.472 e. The Morgan fingerprint density at radius 1 is 0.264 bits per heavy atom. The summed E-state index contributed by atoms with van der Waals surface area (Å²) in [4.78, 5) is 73.3. The number of phosphoric acid groups is 2. The van der Waals surface area contributed by atoms with E-state index in [0.717, 1.165) is 225 Å². The lowest BCUT2D eigenvalue weighted by Crippen LogP contribution is -2.30. The molecule has 110 heavy (non-hydrogen) atoms.